The molecule has 0 bridgehead atoms. The van der Waals surface area contributed by atoms with Crippen LogP contribution in [-0.4, -0.2) is 49.6 Å². The van der Waals surface area contributed by atoms with E-state index >= 15 is 0 Å². The van der Waals surface area contributed by atoms with Crippen molar-refractivity contribution >= 4 is 12.0 Å². The van der Waals surface area contributed by atoms with E-state index in [1.54, 1.807) is 0 Å². The molecule has 0 aromatic rings. The van der Waals surface area contributed by atoms with Gasteiger partial charge in [-0.1, -0.05) is 0 Å². The highest BCUT2D eigenvalue weighted by Gasteiger charge is 2.28. The predicted molar refractivity (Wildman–Crippen MR) is 45.5 cm³/mol. The fourth-order valence-corrected chi connectivity index (χ4v) is 0.711. The van der Waals surface area contributed by atoms with Gasteiger partial charge in [-0.2, -0.15) is 13.2 Å². The third-order valence-electron chi connectivity index (χ3n) is 1.42. The summed E-state index contributed by atoms with van der Waals surface area (Å²) < 4.78 is 39.2. The van der Waals surface area contributed by atoms with Crippen molar-refractivity contribution in [3.05, 3.63) is 0 Å². The molecule has 0 aromatic carbocycles. The van der Waals surface area contributed by atoms with E-state index < -0.39 is 37.4 Å². The largest absolute Gasteiger partial charge is 0.467 e. The van der Waals surface area contributed by atoms with Gasteiger partial charge >= 0.3 is 18.2 Å². The molecule has 0 aromatic heterocycles. The summed E-state index contributed by atoms with van der Waals surface area (Å²) in [7, 11) is 1.01. The molecule has 0 spiro atoms. The Morgan fingerprint density at radius 1 is 1.44 bits per heavy atom. The van der Waals surface area contributed by atoms with Crippen molar-refractivity contribution in [2.24, 2.45) is 0 Å². The van der Waals surface area contributed by atoms with Crippen molar-refractivity contribution in [1.29, 1.82) is 0 Å². The van der Waals surface area contributed by atoms with Gasteiger partial charge in [0.15, 0.2) is 6.04 Å². The summed E-state index contributed by atoms with van der Waals surface area (Å²) in [5.41, 5.74) is 0. The number of aliphatic hydroxyl groups is 1. The number of esters is 1. The van der Waals surface area contributed by atoms with E-state index in [1.165, 1.54) is 5.32 Å². The molecule has 94 valence electrons. The lowest BCUT2D eigenvalue weighted by molar-refractivity contribution is -0.143. The Labute approximate surface area is 88.8 Å². The van der Waals surface area contributed by atoms with Gasteiger partial charge in [-0.25, -0.2) is 9.59 Å². The SMILES string of the molecule is COC(=O)C(CO)NC(=O)NCC(F)(F)F. The first kappa shape index (κ1) is 14.5. The maximum Gasteiger partial charge on any atom is 0.405 e. The molecule has 0 heterocycles. The molecule has 0 aliphatic carbocycles. The highest BCUT2D eigenvalue weighted by atomic mass is 19.4. The summed E-state index contributed by atoms with van der Waals surface area (Å²) >= 11 is 0. The van der Waals surface area contributed by atoms with Gasteiger partial charge in [0.25, 0.3) is 0 Å². The van der Waals surface area contributed by atoms with Crippen molar-refractivity contribution in [2.45, 2.75) is 12.2 Å². The van der Waals surface area contributed by atoms with Crippen LogP contribution in [0.5, 0.6) is 0 Å². The van der Waals surface area contributed by atoms with Crippen LogP contribution in [0, 0.1) is 0 Å². The molecular formula is C7H11F3N2O4. The molecule has 0 saturated carbocycles. The van der Waals surface area contributed by atoms with Crippen LogP contribution < -0.4 is 10.6 Å². The van der Waals surface area contributed by atoms with Crippen molar-refractivity contribution < 1.29 is 32.6 Å². The van der Waals surface area contributed by atoms with Crippen molar-refractivity contribution in [1.82, 2.24) is 10.6 Å². The number of alkyl halides is 3. The monoisotopic (exact) mass is 244 g/mol. The van der Waals surface area contributed by atoms with Gasteiger partial charge in [-0.15, -0.1) is 0 Å². The zero-order chi connectivity index (χ0) is 12.8. The smallest absolute Gasteiger partial charge is 0.405 e. The molecule has 0 aliphatic heterocycles. The summed E-state index contributed by atoms with van der Waals surface area (Å²) in [6.45, 7) is -2.30. The molecular weight excluding hydrogens is 233 g/mol. The van der Waals surface area contributed by atoms with Crippen LogP contribution in [0.2, 0.25) is 0 Å². The molecule has 2 amide bonds. The molecule has 9 heteroatoms. The van der Waals surface area contributed by atoms with E-state index in [-0.39, 0.29) is 0 Å². The fraction of sp³-hybridized carbons (Fsp3) is 0.714. The van der Waals surface area contributed by atoms with Gasteiger partial charge < -0.3 is 20.5 Å². The summed E-state index contributed by atoms with van der Waals surface area (Å²) in [4.78, 5) is 21.7. The number of nitrogens with one attached hydrogen (secondary N) is 2. The number of methoxy groups -OCH3 is 1. The molecule has 0 fully saturated rings. The summed E-state index contributed by atoms with van der Waals surface area (Å²) in [6.07, 6.45) is -4.54. The Bertz CT molecular complexity index is 257. The van der Waals surface area contributed by atoms with Crippen LogP contribution in [0.25, 0.3) is 0 Å². The molecule has 0 aliphatic rings. The summed E-state index contributed by atoms with van der Waals surface area (Å²) in [5.74, 6) is -0.954. The Morgan fingerprint density at radius 3 is 2.38 bits per heavy atom. The van der Waals surface area contributed by atoms with E-state index in [9.17, 15) is 22.8 Å². The lowest BCUT2D eigenvalue weighted by Gasteiger charge is -2.15. The Balaban J connectivity index is 4.07. The topological polar surface area (TPSA) is 87.7 Å². The number of rotatable bonds is 4. The van der Waals surface area contributed by atoms with Crippen LogP contribution in [0.4, 0.5) is 18.0 Å². The van der Waals surface area contributed by atoms with E-state index in [2.05, 4.69) is 4.74 Å². The molecule has 0 radical (unpaired) electrons. The van der Waals surface area contributed by atoms with E-state index in [1.807, 2.05) is 5.32 Å². The molecule has 1 unspecified atom stereocenters. The maximum atomic E-state index is 11.7. The number of urea groups is 1. The molecule has 6 nitrogen and oxygen atoms in total. The lowest BCUT2D eigenvalue weighted by atomic mass is 10.3. The quantitative estimate of drug-likeness (QED) is 0.575. The number of ether oxygens (including phenoxy) is 1. The number of hydrogen-bond donors (Lipinski definition) is 3. The van der Waals surface area contributed by atoms with E-state index in [0.29, 0.717) is 0 Å². The first-order valence-electron chi connectivity index (χ1n) is 4.10. The van der Waals surface area contributed by atoms with E-state index in [0.717, 1.165) is 7.11 Å². The zero-order valence-corrected chi connectivity index (χ0v) is 8.30. The third kappa shape index (κ3) is 6.06. The second-order valence-electron chi connectivity index (χ2n) is 2.70. The number of amides is 2. The number of carbonyl (C=O) groups is 2. The maximum absolute atomic E-state index is 11.7. The minimum absolute atomic E-state index is 0.772. The first-order valence-corrected chi connectivity index (χ1v) is 4.10. The van der Waals surface area contributed by atoms with E-state index in [4.69, 9.17) is 5.11 Å². The molecule has 16 heavy (non-hydrogen) atoms. The first-order chi connectivity index (χ1) is 7.30. The van der Waals surface area contributed by atoms with Crippen LogP contribution in [-0.2, 0) is 9.53 Å². The van der Waals surface area contributed by atoms with Crippen LogP contribution in [0.15, 0.2) is 0 Å². The summed E-state index contributed by atoms with van der Waals surface area (Å²) in [5, 5.41) is 11.9. The number of hydrogen-bond acceptors (Lipinski definition) is 4. The Hall–Kier alpha value is -1.51. The number of aliphatic hydroxyl groups excluding tert-OH is 1. The van der Waals surface area contributed by atoms with Gasteiger partial charge in [0.05, 0.1) is 13.7 Å². The second kappa shape index (κ2) is 6.16. The van der Waals surface area contributed by atoms with Crippen molar-refractivity contribution in [2.75, 3.05) is 20.3 Å². The van der Waals surface area contributed by atoms with Gasteiger partial charge in [0.1, 0.15) is 6.54 Å². The Kier molecular flexibility index (Phi) is 5.57. The standard InChI is InChI=1S/C7H11F3N2O4/c1-16-5(14)4(2-13)12-6(15)11-3-7(8,9)10/h4,13H,2-3H2,1H3,(H2,11,12,15). The highest BCUT2D eigenvalue weighted by Crippen LogP contribution is 2.11. The van der Waals surface area contributed by atoms with Crippen LogP contribution in [0.3, 0.4) is 0 Å². The van der Waals surface area contributed by atoms with Crippen molar-refractivity contribution in [3.8, 4) is 0 Å². The van der Waals surface area contributed by atoms with Gasteiger partial charge in [-0.3, -0.25) is 0 Å². The van der Waals surface area contributed by atoms with Crippen molar-refractivity contribution in [3.63, 3.8) is 0 Å². The minimum atomic E-state index is -4.54. The number of halogens is 3. The van der Waals surface area contributed by atoms with Gasteiger partial charge in [0, 0.05) is 0 Å². The average molecular weight is 244 g/mol. The van der Waals surface area contributed by atoms with Crippen LogP contribution >= 0.6 is 0 Å². The normalized spacial score (nSPS) is 12.8. The zero-order valence-electron chi connectivity index (χ0n) is 8.30. The van der Waals surface area contributed by atoms with Gasteiger partial charge in [-0.05, 0) is 0 Å². The van der Waals surface area contributed by atoms with Crippen LogP contribution in [0.1, 0.15) is 0 Å². The third-order valence-corrected chi connectivity index (χ3v) is 1.42. The fourth-order valence-electron chi connectivity index (χ4n) is 0.711. The lowest BCUT2D eigenvalue weighted by Crippen LogP contribution is -2.50. The minimum Gasteiger partial charge on any atom is -0.467 e. The highest BCUT2D eigenvalue weighted by molar-refractivity contribution is 5.83. The molecule has 0 rings (SSSR count). The Morgan fingerprint density at radius 2 is 2.00 bits per heavy atom. The summed E-state index contributed by atoms with van der Waals surface area (Å²) in [6, 6.07) is -2.61. The predicted octanol–water partition coefficient (Wildman–Crippen LogP) is -0.618. The molecule has 3 N–H and O–H groups in total. The molecule has 0 saturated heterocycles. The second-order valence-corrected chi connectivity index (χ2v) is 2.70. The van der Waals surface area contributed by atoms with Gasteiger partial charge in [0.2, 0.25) is 0 Å². The number of carbonyl (C=O) groups excluding carboxylic acids is 2. The average Bonchev–Trinajstić information content (AvgIpc) is 2.21. The molecule has 1 atom stereocenters.